The molecule has 2 rings (SSSR count). The van der Waals surface area contributed by atoms with Crippen LogP contribution in [0.3, 0.4) is 0 Å². The molecule has 2 fully saturated rings. The number of unbranched alkanes of at least 4 members (excludes halogenated alkanes) is 3. The standard InChI is InChI=1S/C26H50N4O2/c1-23(2)17-19(25(5,6)29(23)9)21(31)27-15-13-11-12-14-16-28-22(32)20-18-24(3,4)30(10)26(20,7)8/h19-20H,11-18H2,1-10H3,(H,27,31)(H,28,32). The van der Waals surface area contributed by atoms with Crippen molar-refractivity contribution in [3.63, 3.8) is 0 Å². The van der Waals surface area contributed by atoms with Crippen LogP contribution in [-0.4, -0.2) is 71.0 Å². The lowest BCUT2D eigenvalue weighted by molar-refractivity contribution is -0.128. The molecule has 2 unspecified atom stereocenters. The highest BCUT2D eigenvalue weighted by Crippen LogP contribution is 2.44. The molecular weight excluding hydrogens is 400 g/mol. The topological polar surface area (TPSA) is 64.7 Å². The molecule has 0 aliphatic carbocycles. The number of hydrogen-bond donors (Lipinski definition) is 2. The zero-order chi connectivity index (χ0) is 24.5. The molecule has 32 heavy (non-hydrogen) atoms. The van der Waals surface area contributed by atoms with E-state index in [0.717, 1.165) is 51.6 Å². The van der Waals surface area contributed by atoms with Gasteiger partial charge in [-0.05, 0) is 95.2 Å². The van der Waals surface area contributed by atoms with E-state index in [9.17, 15) is 9.59 Å². The van der Waals surface area contributed by atoms with Crippen LogP contribution in [-0.2, 0) is 9.59 Å². The highest BCUT2D eigenvalue weighted by Gasteiger charge is 2.53. The predicted molar refractivity (Wildman–Crippen MR) is 133 cm³/mol. The lowest BCUT2D eigenvalue weighted by Gasteiger charge is -2.38. The number of amides is 2. The van der Waals surface area contributed by atoms with Crippen molar-refractivity contribution in [2.75, 3.05) is 27.2 Å². The number of likely N-dealkylation sites (tertiary alicyclic amines) is 2. The first-order valence-electron chi connectivity index (χ1n) is 12.6. The van der Waals surface area contributed by atoms with Gasteiger partial charge in [0.2, 0.25) is 11.8 Å². The summed E-state index contributed by atoms with van der Waals surface area (Å²) in [6, 6.07) is 0. The maximum Gasteiger partial charge on any atom is 0.225 e. The summed E-state index contributed by atoms with van der Waals surface area (Å²) in [5, 5.41) is 6.33. The van der Waals surface area contributed by atoms with Crippen LogP contribution in [0.2, 0.25) is 0 Å². The maximum atomic E-state index is 12.8. The van der Waals surface area contributed by atoms with Crippen molar-refractivity contribution in [1.29, 1.82) is 0 Å². The molecule has 2 aliphatic heterocycles. The van der Waals surface area contributed by atoms with E-state index in [2.05, 4.69) is 89.9 Å². The van der Waals surface area contributed by atoms with Gasteiger partial charge in [-0.3, -0.25) is 19.4 Å². The lowest BCUT2D eigenvalue weighted by Crippen LogP contribution is -2.49. The van der Waals surface area contributed by atoms with Gasteiger partial charge in [-0.2, -0.15) is 0 Å². The van der Waals surface area contributed by atoms with Crippen LogP contribution in [0.25, 0.3) is 0 Å². The van der Waals surface area contributed by atoms with E-state index in [-0.39, 0.29) is 45.8 Å². The minimum atomic E-state index is -0.121. The van der Waals surface area contributed by atoms with Crippen molar-refractivity contribution in [2.45, 2.75) is 116 Å². The molecule has 2 amide bonds. The minimum Gasteiger partial charge on any atom is -0.356 e. The van der Waals surface area contributed by atoms with Gasteiger partial charge in [-0.25, -0.2) is 0 Å². The Balaban J connectivity index is 1.61. The minimum absolute atomic E-state index is 0.0292. The molecule has 2 N–H and O–H groups in total. The van der Waals surface area contributed by atoms with Gasteiger partial charge in [0, 0.05) is 35.2 Å². The van der Waals surface area contributed by atoms with E-state index in [1.165, 1.54) is 0 Å². The molecule has 6 heteroatoms. The monoisotopic (exact) mass is 450 g/mol. The third-order valence-electron chi connectivity index (χ3n) is 8.99. The summed E-state index contributed by atoms with van der Waals surface area (Å²) >= 11 is 0. The number of carbonyl (C=O) groups excluding carboxylic acids is 2. The third kappa shape index (κ3) is 5.49. The van der Waals surface area contributed by atoms with Gasteiger partial charge in [-0.15, -0.1) is 0 Å². The Kier molecular flexibility index (Phi) is 8.14. The maximum absolute atomic E-state index is 12.8. The number of rotatable bonds is 9. The van der Waals surface area contributed by atoms with Crippen LogP contribution in [0.15, 0.2) is 0 Å². The fourth-order valence-corrected chi connectivity index (χ4v) is 5.90. The Bertz CT molecular complexity index is 625. The molecular formula is C26H50N4O2. The molecule has 2 heterocycles. The zero-order valence-electron chi connectivity index (χ0n) is 22.5. The second-order valence-corrected chi connectivity index (χ2v) is 12.6. The number of nitrogens with zero attached hydrogens (tertiary/aromatic N) is 2. The van der Waals surface area contributed by atoms with Crippen molar-refractivity contribution < 1.29 is 9.59 Å². The predicted octanol–water partition coefficient (Wildman–Crippen LogP) is 3.80. The Morgan fingerprint density at radius 3 is 1.22 bits per heavy atom. The normalized spacial score (nSPS) is 28.6. The molecule has 0 bridgehead atoms. The molecule has 0 aromatic carbocycles. The van der Waals surface area contributed by atoms with Crippen LogP contribution in [0, 0.1) is 11.8 Å². The van der Waals surface area contributed by atoms with Crippen LogP contribution in [0.1, 0.15) is 93.9 Å². The summed E-state index contributed by atoms with van der Waals surface area (Å²) in [5.41, 5.74) is -0.142. The first kappa shape index (κ1) is 27.1. The molecule has 186 valence electrons. The smallest absolute Gasteiger partial charge is 0.225 e. The van der Waals surface area contributed by atoms with Crippen LogP contribution in [0.5, 0.6) is 0 Å². The van der Waals surface area contributed by atoms with Gasteiger partial charge in [0.15, 0.2) is 0 Å². The first-order valence-corrected chi connectivity index (χ1v) is 12.6. The summed E-state index contributed by atoms with van der Waals surface area (Å²) in [5.74, 6) is 0.432. The summed E-state index contributed by atoms with van der Waals surface area (Å²) in [6.07, 6.45) is 5.90. The largest absolute Gasteiger partial charge is 0.356 e. The van der Waals surface area contributed by atoms with Crippen molar-refractivity contribution >= 4 is 11.8 Å². The van der Waals surface area contributed by atoms with Crippen molar-refractivity contribution in [3.8, 4) is 0 Å². The van der Waals surface area contributed by atoms with Crippen LogP contribution in [0.4, 0.5) is 0 Å². The molecule has 2 atom stereocenters. The third-order valence-corrected chi connectivity index (χ3v) is 8.99. The fourth-order valence-electron chi connectivity index (χ4n) is 5.90. The van der Waals surface area contributed by atoms with Gasteiger partial charge in [0.25, 0.3) is 0 Å². The Hall–Kier alpha value is -1.14. The van der Waals surface area contributed by atoms with E-state index in [1.807, 2.05) is 0 Å². The van der Waals surface area contributed by atoms with Crippen molar-refractivity contribution in [1.82, 2.24) is 20.4 Å². The summed E-state index contributed by atoms with van der Waals surface area (Å²) in [7, 11) is 4.25. The van der Waals surface area contributed by atoms with Gasteiger partial charge in [-0.1, -0.05) is 12.8 Å². The molecule has 0 spiro atoms. The highest BCUT2D eigenvalue weighted by atomic mass is 16.2. The van der Waals surface area contributed by atoms with E-state index in [0.29, 0.717) is 0 Å². The molecule has 6 nitrogen and oxygen atoms in total. The summed E-state index contributed by atoms with van der Waals surface area (Å²) < 4.78 is 0. The zero-order valence-corrected chi connectivity index (χ0v) is 22.5. The average Bonchev–Trinajstić information content (AvgIpc) is 2.96. The average molecular weight is 451 g/mol. The molecule has 0 aromatic heterocycles. The molecule has 0 aromatic rings. The number of hydrogen-bond acceptors (Lipinski definition) is 4. The van der Waals surface area contributed by atoms with Crippen LogP contribution >= 0.6 is 0 Å². The SMILES string of the molecule is CN1C(C)(C)CC(C(=O)NCCCCCCNC(=O)C2CC(C)(C)N(C)C2(C)C)C1(C)C. The highest BCUT2D eigenvalue weighted by molar-refractivity contribution is 5.81. The Labute approximate surface area is 197 Å². The van der Waals surface area contributed by atoms with Gasteiger partial charge < -0.3 is 10.6 Å². The van der Waals surface area contributed by atoms with Crippen molar-refractivity contribution in [2.24, 2.45) is 11.8 Å². The molecule has 2 saturated heterocycles. The van der Waals surface area contributed by atoms with Crippen molar-refractivity contribution in [3.05, 3.63) is 0 Å². The molecule has 0 radical (unpaired) electrons. The number of nitrogens with one attached hydrogen (secondary N) is 2. The van der Waals surface area contributed by atoms with E-state index in [4.69, 9.17) is 0 Å². The second-order valence-electron chi connectivity index (χ2n) is 12.6. The molecule has 2 aliphatic rings. The van der Waals surface area contributed by atoms with E-state index in [1.54, 1.807) is 0 Å². The lowest BCUT2D eigenvalue weighted by atomic mass is 9.86. The van der Waals surface area contributed by atoms with Crippen LogP contribution < -0.4 is 10.6 Å². The second kappa shape index (κ2) is 9.61. The van der Waals surface area contributed by atoms with Gasteiger partial charge >= 0.3 is 0 Å². The molecule has 0 saturated carbocycles. The Morgan fingerprint density at radius 2 is 0.969 bits per heavy atom. The fraction of sp³-hybridized carbons (Fsp3) is 0.923. The van der Waals surface area contributed by atoms with E-state index < -0.39 is 0 Å². The summed E-state index contributed by atoms with van der Waals surface area (Å²) in [4.78, 5) is 30.2. The first-order chi connectivity index (χ1) is 14.5. The number of carbonyl (C=O) groups is 2. The Morgan fingerprint density at radius 1 is 0.656 bits per heavy atom. The summed E-state index contributed by atoms with van der Waals surface area (Å²) in [6.45, 7) is 19.0. The van der Waals surface area contributed by atoms with Gasteiger partial charge in [0.05, 0.1) is 11.8 Å². The quantitative estimate of drug-likeness (QED) is 0.525. The van der Waals surface area contributed by atoms with E-state index >= 15 is 0 Å². The van der Waals surface area contributed by atoms with Gasteiger partial charge in [0.1, 0.15) is 0 Å².